The Balaban J connectivity index is 1.78. The first-order chi connectivity index (χ1) is 12.7. The topological polar surface area (TPSA) is 70.5 Å². The van der Waals surface area contributed by atoms with E-state index >= 15 is 0 Å². The number of unbranched alkanes of at least 4 members (excludes halogenated alkanes) is 5. The third-order valence-electron chi connectivity index (χ3n) is 3.88. The number of carbonyl (C=O) groups is 1. The van der Waals surface area contributed by atoms with Crippen molar-refractivity contribution in [3.8, 4) is 22.9 Å². The highest BCUT2D eigenvalue weighted by molar-refractivity contribution is 5.64. The van der Waals surface area contributed by atoms with Crippen molar-refractivity contribution >= 4 is 6.16 Å². The van der Waals surface area contributed by atoms with Crippen LogP contribution in [0.2, 0.25) is 0 Å². The van der Waals surface area contributed by atoms with E-state index in [0.717, 1.165) is 12.0 Å². The lowest BCUT2D eigenvalue weighted by Crippen LogP contribution is -2.06. The normalized spacial score (nSPS) is 10.4. The molecule has 1 aromatic heterocycles. The van der Waals surface area contributed by atoms with Gasteiger partial charge in [-0.05, 0) is 30.7 Å². The first-order valence-electron chi connectivity index (χ1n) is 9.04. The Bertz CT molecular complexity index is 657. The van der Waals surface area contributed by atoms with Crippen LogP contribution in [0.4, 0.5) is 4.79 Å². The average molecular weight is 358 g/mol. The van der Waals surface area contributed by atoms with Gasteiger partial charge >= 0.3 is 6.16 Å². The molecule has 1 heterocycles. The van der Waals surface area contributed by atoms with Crippen molar-refractivity contribution in [3.63, 3.8) is 0 Å². The lowest BCUT2D eigenvalue weighted by Gasteiger charge is -2.07. The Kier molecular flexibility index (Phi) is 8.39. The summed E-state index contributed by atoms with van der Waals surface area (Å²) in [5, 5.41) is 0. The van der Waals surface area contributed by atoms with Gasteiger partial charge in [-0.15, -0.1) is 0 Å². The minimum atomic E-state index is -0.749. The number of benzene rings is 1. The zero-order chi connectivity index (χ0) is 18.6. The average Bonchev–Trinajstić information content (AvgIpc) is 2.68. The van der Waals surface area contributed by atoms with Crippen LogP contribution in [-0.4, -0.2) is 29.8 Å². The van der Waals surface area contributed by atoms with Crippen LogP contribution in [0.1, 0.15) is 45.4 Å². The number of aromatic nitrogens is 2. The van der Waals surface area contributed by atoms with Gasteiger partial charge in [-0.3, -0.25) is 0 Å². The zero-order valence-electron chi connectivity index (χ0n) is 15.4. The highest BCUT2D eigenvalue weighted by Gasteiger charge is 2.06. The molecule has 0 atom stereocenters. The molecule has 6 nitrogen and oxygen atoms in total. The summed E-state index contributed by atoms with van der Waals surface area (Å²) in [6, 6.07) is 6.89. The fourth-order valence-corrected chi connectivity index (χ4v) is 2.42. The van der Waals surface area contributed by atoms with Gasteiger partial charge in [0.25, 0.3) is 0 Å². The number of nitrogens with zero attached hydrogens (tertiary/aromatic N) is 2. The van der Waals surface area contributed by atoms with Crippen LogP contribution in [-0.2, 0) is 4.74 Å². The molecule has 0 fully saturated rings. The summed E-state index contributed by atoms with van der Waals surface area (Å²) in [6.45, 7) is 2.91. The molecule has 0 saturated carbocycles. The molecule has 6 heteroatoms. The lowest BCUT2D eigenvalue weighted by atomic mass is 10.1. The maximum atomic E-state index is 11.1. The fourth-order valence-electron chi connectivity index (χ4n) is 2.42. The van der Waals surface area contributed by atoms with E-state index in [9.17, 15) is 4.79 Å². The third kappa shape index (κ3) is 6.70. The second kappa shape index (κ2) is 11.1. The van der Waals surface area contributed by atoms with E-state index in [2.05, 4.69) is 21.6 Å². The third-order valence-corrected chi connectivity index (χ3v) is 3.88. The number of ether oxygens (including phenoxy) is 3. The van der Waals surface area contributed by atoms with Gasteiger partial charge in [-0.2, -0.15) is 0 Å². The van der Waals surface area contributed by atoms with Gasteiger partial charge in [0.05, 0.1) is 26.1 Å². The van der Waals surface area contributed by atoms with Crippen molar-refractivity contribution in [3.05, 3.63) is 36.7 Å². The van der Waals surface area contributed by atoms with E-state index in [1.54, 1.807) is 36.7 Å². The predicted molar refractivity (Wildman–Crippen MR) is 99.4 cm³/mol. The van der Waals surface area contributed by atoms with Crippen LogP contribution in [0.25, 0.3) is 11.4 Å². The number of methoxy groups -OCH3 is 1. The second-order valence-electron chi connectivity index (χ2n) is 5.94. The summed E-state index contributed by atoms with van der Waals surface area (Å²) >= 11 is 0. The molecular weight excluding hydrogens is 332 g/mol. The molecule has 0 N–H and O–H groups in total. The van der Waals surface area contributed by atoms with Crippen molar-refractivity contribution < 1.29 is 19.0 Å². The van der Waals surface area contributed by atoms with Crippen molar-refractivity contribution in [1.29, 1.82) is 0 Å². The van der Waals surface area contributed by atoms with Crippen molar-refractivity contribution in [1.82, 2.24) is 9.97 Å². The highest BCUT2D eigenvalue weighted by Crippen LogP contribution is 2.20. The Morgan fingerprint density at radius 1 is 0.923 bits per heavy atom. The molecule has 26 heavy (non-hydrogen) atoms. The molecule has 0 amide bonds. The van der Waals surface area contributed by atoms with Crippen LogP contribution >= 0.6 is 0 Å². The molecule has 0 aliphatic carbocycles. The summed E-state index contributed by atoms with van der Waals surface area (Å²) < 4.78 is 15.1. The molecule has 140 valence electrons. The van der Waals surface area contributed by atoms with Crippen molar-refractivity contribution in [2.45, 2.75) is 45.4 Å². The molecule has 0 saturated heterocycles. The van der Waals surface area contributed by atoms with Crippen LogP contribution in [0.3, 0.4) is 0 Å². The van der Waals surface area contributed by atoms with Gasteiger partial charge in [-0.25, -0.2) is 14.8 Å². The Labute approximate surface area is 154 Å². The summed E-state index contributed by atoms with van der Waals surface area (Å²) in [7, 11) is 1.26. The lowest BCUT2D eigenvalue weighted by molar-refractivity contribution is 0.121. The van der Waals surface area contributed by atoms with E-state index in [4.69, 9.17) is 9.47 Å². The summed E-state index contributed by atoms with van der Waals surface area (Å²) in [5.41, 5.74) is 0.824. The standard InChI is InChI=1S/C20H26N2O4/c1-3-4-5-6-7-8-13-25-18-14-21-19(22-15-18)16-9-11-17(12-10-16)26-20(23)24-2/h9-12,14-15H,3-8,13H2,1-2H3. The molecule has 1 aromatic carbocycles. The monoisotopic (exact) mass is 358 g/mol. The molecule has 2 rings (SSSR count). The van der Waals surface area contributed by atoms with Gasteiger partial charge in [0.1, 0.15) is 5.75 Å². The van der Waals surface area contributed by atoms with E-state index < -0.39 is 6.16 Å². The van der Waals surface area contributed by atoms with Crippen molar-refractivity contribution in [2.75, 3.05) is 13.7 Å². The number of carbonyl (C=O) groups excluding carboxylic acids is 1. The van der Waals surface area contributed by atoms with Crippen LogP contribution < -0.4 is 9.47 Å². The fraction of sp³-hybridized carbons (Fsp3) is 0.450. The molecule has 2 aromatic rings. The van der Waals surface area contributed by atoms with E-state index in [1.807, 2.05) is 0 Å². The molecular formula is C20H26N2O4. The molecule has 0 spiro atoms. The minimum Gasteiger partial charge on any atom is -0.490 e. The first-order valence-corrected chi connectivity index (χ1v) is 9.04. The molecule has 0 bridgehead atoms. The zero-order valence-corrected chi connectivity index (χ0v) is 15.4. The highest BCUT2D eigenvalue weighted by atomic mass is 16.7. The largest absolute Gasteiger partial charge is 0.513 e. The Morgan fingerprint density at radius 2 is 1.58 bits per heavy atom. The van der Waals surface area contributed by atoms with Crippen LogP contribution in [0.5, 0.6) is 11.5 Å². The maximum Gasteiger partial charge on any atom is 0.513 e. The van der Waals surface area contributed by atoms with E-state index in [1.165, 1.54) is 39.2 Å². The second-order valence-corrected chi connectivity index (χ2v) is 5.94. The smallest absolute Gasteiger partial charge is 0.490 e. The summed E-state index contributed by atoms with van der Waals surface area (Å²) in [6.07, 6.45) is 10.00. The van der Waals surface area contributed by atoms with Gasteiger partial charge in [-0.1, -0.05) is 39.0 Å². The Morgan fingerprint density at radius 3 is 2.23 bits per heavy atom. The quantitative estimate of drug-likeness (QED) is 0.337. The summed E-state index contributed by atoms with van der Waals surface area (Å²) in [4.78, 5) is 19.7. The first kappa shape index (κ1) is 19.7. The molecule has 0 aliphatic rings. The van der Waals surface area contributed by atoms with Crippen molar-refractivity contribution in [2.24, 2.45) is 0 Å². The minimum absolute atomic E-state index is 0.402. The molecule has 0 aliphatic heterocycles. The predicted octanol–water partition coefficient (Wildman–Crippen LogP) is 5.03. The van der Waals surface area contributed by atoms with Gasteiger partial charge in [0.2, 0.25) is 0 Å². The number of hydrogen-bond donors (Lipinski definition) is 0. The number of hydrogen-bond acceptors (Lipinski definition) is 6. The SMILES string of the molecule is CCCCCCCCOc1cnc(-c2ccc(OC(=O)OC)cc2)nc1. The van der Waals surface area contributed by atoms with Gasteiger partial charge in [0, 0.05) is 5.56 Å². The summed E-state index contributed by atoms with van der Waals surface area (Å²) in [5.74, 6) is 1.66. The molecule has 0 radical (unpaired) electrons. The molecule has 0 unspecified atom stereocenters. The van der Waals surface area contributed by atoms with Gasteiger partial charge in [0.15, 0.2) is 11.6 Å². The maximum absolute atomic E-state index is 11.1. The van der Waals surface area contributed by atoms with Crippen LogP contribution in [0.15, 0.2) is 36.7 Å². The Hall–Kier alpha value is -2.63. The van der Waals surface area contributed by atoms with Gasteiger partial charge < -0.3 is 14.2 Å². The number of rotatable bonds is 10. The van der Waals surface area contributed by atoms with E-state index in [0.29, 0.717) is 23.9 Å². The van der Waals surface area contributed by atoms with Crippen LogP contribution in [0, 0.1) is 0 Å². The van der Waals surface area contributed by atoms with E-state index in [-0.39, 0.29) is 0 Å².